The van der Waals surface area contributed by atoms with Crippen molar-refractivity contribution in [2.75, 3.05) is 24.6 Å². The summed E-state index contributed by atoms with van der Waals surface area (Å²) in [5, 5.41) is 21.0. The van der Waals surface area contributed by atoms with E-state index in [9.17, 15) is 19.8 Å². The van der Waals surface area contributed by atoms with Gasteiger partial charge < -0.3 is 20.0 Å². The monoisotopic (exact) mass is 552 g/mol. The van der Waals surface area contributed by atoms with Gasteiger partial charge in [-0.15, -0.1) is 4.73 Å². The number of amides is 1. The highest BCUT2D eigenvalue weighted by molar-refractivity contribution is 8.77. The van der Waals surface area contributed by atoms with E-state index in [-0.39, 0.29) is 18.7 Å². The van der Waals surface area contributed by atoms with Gasteiger partial charge in [-0.05, 0) is 45.9 Å². The third-order valence-electron chi connectivity index (χ3n) is 4.34. The molecule has 0 spiro atoms. The van der Waals surface area contributed by atoms with Crippen molar-refractivity contribution < 1.29 is 24.6 Å². The fourth-order valence-corrected chi connectivity index (χ4v) is 6.40. The van der Waals surface area contributed by atoms with E-state index >= 15 is 0 Å². The Bertz CT molecular complexity index is 1010. The molecule has 0 saturated heterocycles. The molecular weight excluding hydrogens is 529 g/mol. The molecular formula is C22H24N4O5S4. The number of pyridine rings is 2. The minimum atomic E-state index is -0.736. The predicted octanol–water partition coefficient (Wildman–Crippen LogP) is 4.13. The van der Waals surface area contributed by atoms with E-state index < -0.39 is 17.7 Å². The van der Waals surface area contributed by atoms with Crippen molar-refractivity contribution in [3.05, 3.63) is 60.9 Å². The van der Waals surface area contributed by atoms with Crippen LogP contribution in [0.5, 0.6) is 11.8 Å². The Hall–Kier alpha value is -2.48. The number of rotatable bonds is 14. The van der Waals surface area contributed by atoms with Gasteiger partial charge in [0.2, 0.25) is 17.7 Å². The van der Waals surface area contributed by atoms with Gasteiger partial charge in [0.25, 0.3) is 0 Å². The lowest BCUT2D eigenvalue weighted by molar-refractivity contribution is -0.147. The molecule has 0 aliphatic carbocycles. The van der Waals surface area contributed by atoms with Crippen LogP contribution in [0.25, 0.3) is 0 Å². The minimum Gasteiger partial charge on any atom is -0.492 e. The molecule has 0 saturated carbocycles. The van der Waals surface area contributed by atoms with Crippen LogP contribution >= 0.6 is 43.2 Å². The van der Waals surface area contributed by atoms with Crippen molar-refractivity contribution in [2.45, 2.75) is 22.9 Å². The molecule has 0 radical (unpaired) electrons. The van der Waals surface area contributed by atoms with Crippen molar-refractivity contribution in [1.29, 1.82) is 0 Å². The van der Waals surface area contributed by atoms with Crippen molar-refractivity contribution in [2.24, 2.45) is 0 Å². The number of aromatic nitrogens is 3. The number of aromatic hydroxyl groups is 2. The molecule has 2 N–H and O–H groups in total. The van der Waals surface area contributed by atoms with Gasteiger partial charge in [-0.25, -0.2) is 14.8 Å². The molecule has 13 heteroatoms. The van der Waals surface area contributed by atoms with Crippen LogP contribution in [0, 0.1) is 0 Å². The van der Waals surface area contributed by atoms with Crippen LogP contribution in [0.1, 0.15) is 12.8 Å². The van der Waals surface area contributed by atoms with Gasteiger partial charge in [0.05, 0.1) is 6.42 Å². The normalized spacial score (nSPS) is 10.7. The molecule has 186 valence electrons. The zero-order valence-corrected chi connectivity index (χ0v) is 21.8. The van der Waals surface area contributed by atoms with E-state index in [2.05, 4.69) is 9.97 Å². The first-order valence-electron chi connectivity index (χ1n) is 10.5. The second-order valence-corrected chi connectivity index (χ2v) is 11.7. The molecule has 3 aromatic rings. The SMILES string of the molecule is O=C(CCC(=O)N(CCSSc1ccccn1)CCSSc1ccccn1)On1c(O)ccc1O. The van der Waals surface area contributed by atoms with Crippen LogP contribution in [-0.4, -0.2) is 66.3 Å². The van der Waals surface area contributed by atoms with Crippen LogP contribution in [0.15, 0.2) is 71.0 Å². The maximum absolute atomic E-state index is 12.9. The Balaban J connectivity index is 1.46. The summed E-state index contributed by atoms with van der Waals surface area (Å²) in [7, 11) is 6.31. The molecule has 0 bridgehead atoms. The van der Waals surface area contributed by atoms with E-state index in [1.807, 2.05) is 36.4 Å². The molecule has 1 amide bonds. The summed E-state index contributed by atoms with van der Waals surface area (Å²) in [6.07, 6.45) is 3.25. The average Bonchev–Trinajstić information content (AvgIpc) is 3.19. The molecule has 3 aromatic heterocycles. The topological polar surface area (TPSA) is 118 Å². The number of hydrogen-bond acceptors (Lipinski definition) is 11. The largest absolute Gasteiger partial charge is 0.492 e. The quantitative estimate of drug-likeness (QED) is 0.222. The van der Waals surface area contributed by atoms with Crippen molar-refractivity contribution in [3.8, 4) is 11.8 Å². The van der Waals surface area contributed by atoms with E-state index in [0.717, 1.165) is 10.1 Å². The predicted molar refractivity (Wildman–Crippen MR) is 140 cm³/mol. The van der Waals surface area contributed by atoms with Gasteiger partial charge in [0, 0.05) is 55.5 Å². The third-order valence-corrected chi connectivity index (χ3v) is 8.83. The van der Waals surface area contributed by atoms with E-state index in [1.165, 1.54) is 12.1 Å². The molecule has 9 nitrogen and oxygen atoms in total. The van der Waals surface area contributed by atoms with E-state index in [1.54, 1.807) is 60.5 Å². The molecule has 0 fully saturated rings. The third kappa shape index (κ3) is 9.59. The highest BCUT2D eigenvalue weighted by Crippen LogP contribution is 2.30. The zero-order chi connectivity index (χ0) is 24.9. The Labute approximate surface area is 218 Å². The standard InChI is InChI=1S/C22H24N4O5S4/c27-19(9-10-22(30)31-26-20(28)7-8-21(26)29)25(13-15-32-34-17-5-1-3-11-23-17)14-16-33-35-18-6-2-4-12-24-18/h1-8,11-12,28-29H,9-10,13-16H2. The molecule has 0 unspecified atom stereocenters. The second-order valence-electron chi connectivity index (χ2n) is 6.83. The van der Waals surface area contributed by atoms with Gasteiger partial charge >= 0.3 is 5.97 Å². The zero-order valence-electron chi connectivity index (χ0n) is 18.6. The Kier molecular flexibility index (Phi) is 11.5. The molecule has 0 atom stereocenters. The maximum atomic E-state index is 12.9. The first-order valence-corrected chi connectivity index (χ1v) is 15.2. The summed E-state index contributed by atoms with van der Waals surface area (Å²) in [5.41, 5.74) is 0. The average molecular weight is 553 g/mol. The molecule has 0 aliphatic heterocycles. The van der Waals surface area contributed by atoms with Crippen molar-refractivity contribution in [3.63, 3.8) is 0 Å². The molecule has 3 rings (SSSR count). The van der Waals surface area contributed by atoms with Crippen molar-refractivity contribution >= 4 is 55.1 Å². The minimum absolute atomic E-state index is 0.0439. The Morgan fingerprint density at radius 2 is 1.37 bits per heavy atom. The summed E-state index contributed by atoms with van der Waals surface area (Å²) in [6.45, 7) is 1.04. The smallest absolute Gasteiger partial charge is 0.333 e. The number of nitrogens with zero attached hydrogens (tertiary/aromatic N) is 4. The lowest BCUT2D eigenvalue weighted by atomic mass is 10.3. The highest BCUT2D eigenvalue weighted by atomic mass is 33.1. The number of carbonyl (C=O) groups is 2. The number of carbonyl (C=O) groups excluding carboxylic acids is 2. The summed E-state index contributed by atoms with van der Waals surface area (Å²) in [5.74, 6) is -0.335. The second kappa shape index (κ2) is 14.8. The van der Waals surface area contributed by atoms with Gasteiger partial charge in [-0.1, -0.05) is 33.7 Å². The summed E-state index contributed by atoms with van der Waals surface area (Å²) in [6, 6.07) is 13.8. The Morgan fingerprint density at radius 1 is 0.829 bits per heavy atom. The lowest BCUT2D eigenvalue weighted by Gasteiger charge is -2.22. The lowest BCUT2D eigenvalue weighted by Crippen LogP contribution is -2.35. The van der Waals surface area contributed by atoms with Gasteiger partial charge in [0.15, 0.2) is 0 Å². The van der Waals surface area contributed by atoms with Gasteiger partial charge in [0.1, 0.15) is 10.1 Å². The molecule has 35 heavy (non-hydrogen) atoms. The molecule has 0 aromatic carbocycles. The van der Waals surface area contributed by atoms with E-state index in [4.69, 9.17) is 4.84 Å². The van der Waals surface area contributed by atoms with Crippen LogP contribution in [0.2, 0.25) is 0 Å². The van der Waals surface area contributed by atoms with Gasteiger partial charge in [-0.2, -0.15) is 0 Å². The van der Waals surface area contributed by atoms with Crippen molar-refractivity contribution in [1.82, 2.24) is 19.6 Å². The van der Waals surface area contributed by atoms with Gasteiger partial charge in [-0.3, -0.25) is 4.79 Å². The first-order chi connectivity index (χ1) is 17.0. The maximum Gasteiger partial charge on any atom is 0.333 e. The summed E-state index contributed by atoms with van der Waals surface area (Å²) in [4.78, 5) is 40.2. The highest BCUT2D eigenvalue weighted by Gasteiger charge is 2.18. The van der Waals surface area contributed by atoms with Crippen LogP contribution < -0.4 is 4.84 Å². The fraction of sp³-hybridized carbons (Fsp3) is 0.273. The summed E-state index contributed by atoms with van der Waals surface area (Å²) < 4.78 is 0.613. The summed E-state index contributed by atoms with van der Waals surface area (Å²) >= 11 is 0. The molecule has 0 aliphatic rings. The first kappa shape index (κ1) is 27.1. The van der Waals surface area contributed by atoms with Crippen LogP contribution in [-0.2, 0) is 9.59 Å². The van der Waals surface area contributed by atoms with Crippen LogP contribution in [0.3, 0.4) is 0 Å². The molecule has 3 heterocycles. The van der Waals surface area contributed by atoms with E-state index in [0.29, 0.717) is 29.3 Å². The fourth-order valence-electron chi connectivity index (χ4n) is 2.66. The van der Waals surface area contributed by atoms with Crippen LogP contribution in [0.4, 0.5) is 0 Å². The Morgan fingerprint density at radius 3 is 1.86 bits per heavy atom. The number of hydrogen-bond donors (Lipinski definition) is 2.